The van der Waals surface area contributed by atoms with E-state index < -0.39 is 0 Å². The van der Waals surface area contributed by atoms with Gasteiger partial charge in [0.2, 0.25) is 0 Å². The summed E-state index contributed by atoms with van der Waals surface area (Å²) < 4.78 is 0. The second-order valence-corrected chi connectivity index (χ2v) is 4.52. The molecular formula is C12H17N3O. The lowest BCUT2D eigenvalue weighted by Crippen LogP contribution is -2.42. The van der Waals surface area contributed by atoms with Gasteiger partial charge in [-0.15, -0.1) is 0 Å². The number of nitrogens with two attached hydrogens (primary N) is 1. The molecule has 0 aromatic carbocycles. The first-order valence-electron chi connectivity index (χ1n) is 5.53. The number of hydrogen-bond donors (Lipinski definition) is 2. The lowest BCUT2D eigenvalue weighted by atomic mass is 10.1. The minimum Gasteiger partial charge on any atom is -0.345 e. The minimum atomic E-state index is -0.144. The summed E-state index contributed by atoms with van der Waals surface area (Å²) in [7, 11) is 0. The molecule has 4 heteroatoms. The van der Waals surface area contributed by atoms with Crippen molar-refractivity contribution in [2.24, 2.45) is 5.73 Å². The third-order valence-electron chi connectivity index (χ3n) is 3.09. The molecule has 0 unspecified atom stereocenters. The molecule has 0 radical (unpaired) electrons. The molecule has 1 heterocycles. The number of hydrogen-bond acceptors (Lipinski definition) is 3. The number of aromatic nitrogens is 1. The van der Waals surface area contributed by atoms with Crippen LogP contribution in [0.1, 0.15) is 34.6 Å². The topological polar surface area (TPSA) is 68.0 Å². The highest BCUT2D eigenvalue weighted by Crippen LogP contribution is 2.34. The van der Waals surface area contributed by atoms with Gasteiger partial charge in [0.05, 0.1) is 16.8 Å². The zero-order valence-electron chi connectivity index (χ0n) is 9.71. The highest BCUT2D eigenvalue weighted by molar-refractivity contribution is 5.95. The number of pyridine rings is 1. The molecule has 0 spiro atoms. The van der Waals surface area contributed by atoms with Crippen LogP contribution in [-0.4, -0.2) is 23.0 Å². The molecule has 2 rings (SSSR count). The summed E-state index contributed by atoms with van der Waals surface area (Å²) in [5, 5.41) is 2.99. The molecule has 1 aromatic heterocycles. The molecule has 0 atom stereocenters. The van der Waals surface area contributed by atoms with Crippen molar-refractivity contribution in [3.05, 3.63) is 29.1 Å². The Hall–Kier alpha value is -1.42. The summed E-state index contributed by atoms with van der Waals surface area (Å²) in [6.45, 7) is 4.28. The normalized spacial score (nSPS) is 16.9. The first-order valence-corrected chi connectivity index (χ1v) is 5.53. The van der Waals surface area contributed by atoms with Crippen LogP contribution in [0.2, 0.25) is 0 Å². The summed E-state index contributed by atoms with van der Waals surface area (Å²) in [6.07, 6.45) is 1.96. The van der Waals surface area contributed by atoms with Crippen molar-refractivity contribution >= 4 is 5.91 Å². The second kappa shape index (κ2) is 3.87. The van der Waals surface area contributed by atoms with Gasteiger partial charge in [-0.25, -0.2) is 0 Å². The Bertz CT molecular complexity index is 424. The van der Waals surface area contributed by atoms with E-state index in [2.05, 4.69) is 10.3 Å². The van der Waals surface area contributed by atoms with Crippen molar-refractivity contribution in [2.75, 3.05) is 6.54 Å². The van der Waals surface area contributed by atoms with E-state index in [9.17, 15) is 4.79 Å². The van der Waals surface area contributed by atoms with Crippen molar-refractivity contribution in [3.8, 4) is 0 Å². The highest BCUT2D eigenvalue weighted by atomic mass is 16.1. The fourth-order valence-electron chi connectivity index (χ4n) is 1.77. The van der Waals surface area contributed by atoms with Gasteiger partial charge in [-0.05, 0) is 38.8 Å². The van der Waals surface area contributed by atoms with Gasteiger partial charge in [-0.2, -0.15) is 0 Å². The summed E-state index contributed by atoms with van der Waals surface area (Å²) in [5.41, 5.74) is 7.82. The maximum absolute atomic E-state index is 12.0. The van der Waals surface area contributed by atoms with Crippen molar-refractivity contribution in [1.29, 1.82) is 0 Å². The quantitative estimate of drug-likeness (QED) is 0.794. The number of nitrogens with zero attached hydrogens (tertiary/aromatic N) is 1. The Labute approximate surface area is 95.3 Å². The maximum Gasteiger partial charge on any atom is 0.253 e. The minimum absolute atomic E-state index is 0.0621. The summed E-state index contributed by atoms with van der Waals surface area (Å²) in [6, 6.07) is 3.67. The van der Waals surface area contributed by atoms with Crippen LogP contribution in [0.4, 0.5) is 0 Å². The lowest BCUT2D eigenvalue weighted by molar-refractivity contribution is 0.0932. The molecule has 0 aliphatic heterocycles. The van der Waals surface area contributed by atoms with Crippen molar-refractivity contribution in [3.63, 3.8) is 0 Å². The number of aryl methyl sites for hydroxylation is 2. The largest absolute Gasteiger partial charge is 0.345 e. The molecule has 1 amide bonds. The lowest BCUT2D eigenvalue weighted by Gasteiger charge is -2.15. The van der Waals surface area contributed by atoms with Crippen LogP contribution >= 0.6 is 0 Å². The van der Waals surface area contributed by atoms with Crippen molar-refractivity contribution in [1.82, 2.24) is 10.3 Å². The molecule has 3 N–H and O–H groups in total. The predicted octanol–water partition coefficient (Wildman–Crippen LogP) is 0.920. The van der Waals surface area contributed by atoms with Gasteiger partial charge in [0.15, 0.2) is 0 Å². The van der Waals surface area contributed by atoms with E-state index in [-0.39, 0.29) is 11.4 Å². The molecule has 1 saturated carbocycles. The predicted molar refractivity (Wildman–Crippen MR) is 62.2 cm³/mol. The van der Waals surface area contributed by atoms with Crippen LogP contribution in [-0.2, 0) is 0 Å². The van der Waals surface area contributed by atoms with E-state index in [1.54, 1.807) is 0 Å². The van der Waals surface area contributed by atoms with Crippen LogP contribution in [0.3, 0.4) is 0 Å². The fraction of sp³-hybridized carbons (Fsp3) is 0.500. The van der Waals surface area contributed by atoms with Crippen LogP contribution in [0.15, 0.2) is 12.1 Å². The number of carbonyl (C=O) groups is 1. The van der Waals surface area contributed by atoms with E-state index >= 15 is 0 Å². The van der Waals surface area contributed by atoms with Crippen LogP contribution < -0.4 is 11.1 Å². The van der Waals surface area contributed by atoms with Gasteiger partial charge >= 0.3 is 0 Å². The summed E-state index contributed by atoms with van der Waals surface area (Å²) >= 11 is 0. The van der Waals surface area contributed by atoms with Crippen molar-refractivity contribution < 1.29 is 4.79 Å². The Morgan fingerprint density at radius 1 is 1.50 bits per heavy atom. The molecule has 1 fully saturated rings. The van der Waals surface area contributed by atoms with Gasteiger partial charge in [-0.3, -0.25) is 9.78 Å². The molecule has 4 nitrogen and oxygen atoms in total. The Morgan fingerprint density at radius 3 is 2.69 bits per heavy atom. The molecule has 1 aliphatic rings. The van der Waals surface area contributed by atoms with Gasteiger partial charge in [0, 0.05) is 12.2 Å². The van der Waals surface area contributed by atoms with Gasteiger partial charge in [-0.1, -0.05) is 0 Å². The highest BCUT2D eigenvalue weighted by Gasteiger charge is 2.42. The number of rotatable bonds is 3. The van der Waals surface area contributed by atoms with Gasteiger partial charge in [0.1, 0.15) is 0 Å². The van der Waals surface area contributed by atoms with Crippen molar-refractivity contribution in [2.45, 2.75) is 32.2 Å². The Morgan fingerprint density at radius 2 is 2.19 bits per heavy atom. The smallest absolute Gasteiger partial charge is 0.253 e. The van der Waals surface area contributed by atoms with E-state index in [4.69, 9.17) is 5.73 Å². The standard InChI is InChI=1S/C12H17N3O/c1-8-3-4-10(9(2)14-8)11(16)15-12(7-13)5-6-12/h3-4H,5-7,13H2,1-2H3,(H,15,16). The molecule has 0 saturated heterocycles. The van der Waals surface area contributed by atoms with E-state index in [1.807, 2.05) is 26.0 Å². The molecule has 1 aliphatic carbocycles. The van der Waals surface area contributed by atoms with E-state index in [1.165, 1.54) is 0 Å². The average molecular weight is 219 g/mol. The Kier molecular flexibility index (Phi) is 2.68. The zero-order chi connectivity index (χ0) is 11.8. The fourth-order valence-corrected chi connectivity index (χ4v) is 1.77. The number of amides is 1. The third-order valence-corrected chi connectivity index (χ3v) is 3.09. The van der Waals surface area contributed by atoms with Crippen LogP contribution in [0.5, 0.6) is 0 Å². The third kappa shape index (κ3) is 2.07. The van der Waals surface area contributed by atoms with Crippen LogP contribution in [0, 0.1) is 13.8 Å². The van der Waals surface area contributed by atoms with E-state index in [0.29, 0.717) is 12.1 Å². The summed E-state index contributed by atoms with van der Waals surface area (Å²) in [5.74, 6) is -0.0621. The average Bonchev–Trinajstić information content (AvgIpc) is 2.98. The summed E-state index contributed by atoms with van der Waals surface area (Å²) in [4.78, 5) is 16.3. The van der Waals surface area contributed by atoms with E-state index in [0.717, 1.165) is 24.2 Å². The van der Waals surface area contributed by atoms with Gasteiger partial charge < -0.3 is 11.1 Å². The van der Waals surface area contributed by atoms with Gasteiger partial charge in [0.25, 0.3) is 5.91 Å². The number of carbonyl (C=O) groups excluding carboxylic acids is 1. The van der Waals surface area contributed by atoms with Crippen LogP contribution in [0.25, 0.3) is 0 Å². The SMILES string of the molecule is Cc1ccc(C(=O)NC2(CN)CC2)c(C)n1. The Balaban J connectivity index is 2.15. The molecule has 86 valence electrons. The molecule has 16 heavy (non-hydrogen) atoms. The monoisotopic (exact) mass is 219 g/mol. The zero-order valence-corrected chi connectivity index (χ0v) is 9.71. The molecular weight excluding hydrogens is 202 g/mol. The maximum atomic E-state index is 12.0. The molecule has 1 aromatic rings. The second-order valence-electron chi connectivity index (χ2n) is 4.52. The number of nitrogens with one attached hydrogen (secondary N) is 1. The molecule has 0 bridgehead atoms. The first kappa shape index (κ1) is 11.1. The first-order chi connectivity index (χ1) is 7.56.